The molecule has 0 aliphatic carbocycles. The Labute approximate surface area is 265 Å². The molecule has 38 heavy (non-hydrogen) atoms. The van der Waals surface area contributed by atoms with Crippen LogP contribution in [-0.4, -0.2) is 43.4 Å². The average molecular weight is 859 g/mol. The number of halogens is 3. The van der Waals surface area contributed by atoms with Crippen LogP contribution in [0.15, 0.2) is 24.3 Å². The van der Waals surface area contributed by atoms with Crippen molar-refractivity contribution < 1.29 is 23.9 Å². The van der Waals surface area contributed by atoms with Crippen LogP contribution < -0.4 is 15.1 Å². The summed E-state index contributed by atoms with van der Waals surface area (Å²) in [5, 5.41) is 2.95. The van der Waals surface area contributed by atoms with Gasteiger partial charge in [-0.05, 0) is 119 Å². The number of ether oxygens (including phenoxy) is 1. The maximum Gasteiger partial charge on any atom is 0.306 e. The van der Waals surface area contributed by atoms with E-state index in [4.69, 9.17) is 4.74 Å². The number of carbonyl (C=O) groups is 4. The van der Waals surface area contributed by atoms with Gasteiger partial charge >= 0.3 is 5.97 Å². The largest absolute Gasteiger partial charge is 0.460 e. The van der Waals surface area contributed by atoms with E-state index in [1.807, 2.05) is 45.0 Å². The Bertz CT molecular complexity index is 1190. The molecule has 0 unspecified atom stereocenters. The van der Waals surface area contributed by atoms with Crippen LogP contribution in [0.3, 0.4) is 0 Å². The zero-order valence-electron chi connectivity index (χ0n) is 22.5. The summed E-state index contributed by atoms with van der Waals surface area (Å²) < 4.78 is 7.29. The molecule has 8 nitrogen and oxygen atoms in total. The molecule has 2 aromatic rings. The minimum Gasteiger partial charge on any atom is -0.460 e. The summed E-state index contributed by atoms with van der Waals surface area (Å²) >= 11 is 6.29. The van der Waals surface area contributed by atoms with Crippen LogP contribution in [-0.2, 0) is 25.5 Å². The highest BCUT2D eigenvalue weighted by Crippen LogP contribution is 2.42. The van der Waals surface area contributed by atoms with E-state index in [0.717, 1.165) is 5.56 Å². The lowest BCUT2D eigenvalue weighted by molar-refractivity contribution is -0.154. The number of hydrogen-bond acceptors (Lipinski definition) is 5. The Hall–Kier alpha value is -1.49. The Kier molecular flexibility index (Phi) is 11.8. The molecule has 2 aromatic carbocycles. The summed E-state index contributed by atoms with van der Waals surface area (Å²) in [5.74, 6) is -0.934. The van der Waals surface area contributed by atoms with Crippen LogP contribution in [0.25, 0.3) is 0 Å². The first kappa shape index (κ1) is 32.7. The SMILES string of the molecule is CC(=O)N(C)c1c(I)c(C(=O)Nc2ccc(CCCC(=O)OC(C)(C)C)cc2)c(I)c(N(C)C(C)=O)c1I. The van der Waals surface area contributed by atoms with Gasteiger partial charge in [0.05, 0.1) is 27.6 Å². The van der Waals surface area contributed by atoms with Crippen molar-refractivity contribution >= 4 is 109 Å². The molecule has 0 atom stereocenters. The van der Waals surface area contributed by atoms with Gasteiger partial charge in [-0.3, -0.25) is 19.2 Å². The van der Waals surface area contributed by atoms with E-state index in [2.05, 4.69) is 73.1 Å². The first-order valence-electron chi connectivity index (χ1n) is 11.9. The maximum absolute atomic E-state index is 13.5. The standard InChI is InChI=1S/C27H32I3N3O5/c1-15(34)32(6)24-21(28)20(22(29)25(23(24)30)33(7)16(2)35)26(37)31-18-13-11-17(12-14-18)9-8-10-19(36)38-27(3,4)5/h11-14H,8-10H2,1-7H3,(H,31,37). The van der Waals surface area contributed by atoms with E-state index in [1.54, 1.807) is 14.1 Å². The van der Waals surface area contributed by atoms with Gasteiger partial charge in [0.2, 0.25) is 11.8 Å². The lowest BCUT2D eigenvalue weighted by atomic mass is 10.1. The zero-order valence-corrected chi connectivity index (χ0v) is 29.0. The van der Waals surface area contributed by atoms with Crippen LogP contribution in [0, 0.1) is 10.7 Å². The highest BCUT2D eigenvalue weighted by atomic mass is 127. The summed E-state index contributed by atoms with van der Waals surface area (Å²) in [6.45, 7) is 8.45. The fourth-order valence-electron chi connectivity index (χ4n) is 3.52. The number of nitrogens with one attached hydrogen (secondary N) is 1. The van der Waals surface area contributed by atoms with Crippen LogP contribution in [0.1, 0.15) is 63.4 Å². The molecule has 1 N–H and O–H groups in total. The number of rotatable bonds is 8. The van der Waals surface area contributed by atoms with E-state index < -0.39 is 5.60 Å². The fourth-order valence-corrected chi connectivity index (χ4v) is 8.62. The Morgan fingerprint density at radius 3 is 1.74 bits per heavy atom. The van der Waals surface area contributed by atoms with E-state index in [1.165, 1.54) is 23.6 Å². The van der Waals surface area contributed by atoms with Gasteiger partial charge in [0.1, 0.15) is 5.60 Å². The summed E-state index contributed by atoms with van der Waals surface area (Å²) in [6, 6.07) is 7.47. The van der Waals surface area contributed by atoms with Crippen molar-refractivity contribution in [2.75, 3.05) is 29.2 Å². The second-order valence-electron chi connectivity index (χ2n) is 9.76. The molecular weight excluding hydrogens is 827 g/mol. The fraction of sp³-hybridized carbons (Fsp3) is 0.407. The third-order valence-electron chi connectivity index (χ3n) is 5.59. The van der Waals surface area contributed by atoms with Gasteiger partial charge in [-0.2, -0.15) is 0 Å². The lowest BCUT2D eigenvalue weighted by Crippen LogP contribution is -2.31. The number of esters is 1. The second kappa shape index (κ2) is 13.7. The maximum atomic E-state index is 13.5. The number of amides is 3. The number of aryl methyl sites for hydroxylation is 1. The molecule has 0 saturated carbocycles. The van der Waals surface area contributed by atoms with Crippen molar-refractivity contribution in [3.8, 4) is 0 Å². The van der Waals surface area contributed by atoms with Gasteiger partial charge < -0.3 is 19.9 Å². The molecule has 206 valence electrons. The van der Waals surface area contributed by atoms with Crippen molar-refractivity contribution in [2.45, 2.75) is 59.5 Å². The molecule has 0 spiro atoms. The van der Waals surface area contributed by atoms with Crippen LogP contribution in [0.5, 0.6) is 0 Å². The number of anilines is 3. The van der Waals surface area contributed by atoms with Crippen LogP contribution >= 0.6 is 67.8 Å². The summed E-state index contributed by atoms with van der Waals surface area (Å²) in [5.41, 5.74) is 2.70. The van der Waals surface area contributed by atoms with Gasteiger partial charge in [-0.1, -0.05) is 12.1 Å². The molecule has 0 aliphatic heterocycles. The zero-order chi connectivity index (χ0) is 28.9. The normalized spacial score (nSPS) is 11.1. The molecule has 0 heterocycles. The smallest absolute Gasteiger partial charge is 0.306 e. The number of carbonyl (C=O) groups excluding carboxylic acids is 4. The van der Waals surface area contributed by atoms with Crippen molar-refractivity contribution in [3.05, 3.63) is 46.1 Å². The molecular formula is C27H32I3N3O5. The van der Waals surface area contributed by atoms with Crippen LogP contribution in [0.2, 0.25) is 0 Å². The predicted octanol–water partition coefficient (Wildman–Crippen LogP) is 6.38. The van der Waals surface area contributed by atoms with Gasteiger partial charge in [-0.25, -0.2) is 0 Å². The van der Waals surface area contributed by atoms with Gasteiger partial charge in [-0.15, -0.1) is 0 Å². The van der Waals surface area contributed by atoms with Crippen molar-refractivity contribution in [3.63, 3.8) is 0 Å². The van der Waals surface area contributed by atoms with Gasteiger partial charge in [0.15, 0.2) is 0 Å². The first-order valence-corrected chi connectivity index (χ1v) is 15.1. The number of hydrogen-bond donors (Lipinski definition) is 1. The molecule has 0 bridgehead atoms. The van der Waals surface area contributed by atoms with E-state index in [0.29, 0.717) is 52.6 Å². The minimum atomic E-state index is -0.492. The minimum absolute atomic E-state index is 0.188. The second-order valence-corrected chi connectivity index (χ2v) is 13.0. The third kappa shape index (κ3) is 8.50. The van der Waals surface area contributed by atoms with E-state index >= 15 is 0 Å². The van der Waals surface area contributed by atoms with Gasteiger partial charge in [0.25, 0.3) is 5.91 Å². The average Bonchev–Trinajstić information content (AvgIpc) is 2.78. The molecule has 0 aromatic heterocycles. The van der Waals surface area contributed by atoms with Crippen LogP contribution in [0.4, 0.5) is 17.1 Å². The molecule has 0 saturated heterocycles. The highest BCUT2D eigenvalue weighted by molar-refractivity contribution is 14.1. The molecule has 0 aliphatic rings. The van der Waals surface area contributed by atoms with Crippen molar-refractivity contribution in [2.24, 2.45) is 0 Å². The quantitative estimate of drug-likeness (QED) is 0.246. The van der Waals surface area contributed by atoms with E-state index in [9.17, 15) is 19.2 Å². The van der Waals surface area contributed by atoms with Crippen molar-refractivity contribution in [1.82, 2.24) is 0 Å². The third-order valence-corrected chi connectivity index (χ3v) is 8.71. The topological polar surface area (TPSA) is 96.0 Å². The molecule has 0 radical (unpaired) electrons. The Morgan fingerprint density at radius 1 is 0.842 bits per heavy atom. The number of benzene rings is 2. The van der Waals surface area contributed by atoms with Gasteiger partial charge in [0, 0.05) is 40.1 Å². The molecule has 11 heteroatoms. The number of nitrogens with zero attached hydrogens (tertiary/aromatic N) is 2. The highest BCUT2D eigenvalue weighted by Gasteiger charge is 2.29. The summed E-state index contributed by atoms with van der Waals surface area (Å²) in [7, 11) is 3.30. The summed E-state index contributed by atoms with van der Waals surface area (Å²) in [6.07, 6.45) is 1.72. The monoisotopic (exact) mass is 859 g/mol. The summed E-state index contributed by atoms with van der Waals surface area (Å²) in [4.78, 5) is 52.9. The predicted molar refractivity (Wildman–Crippen MR) is 176 cm³/mol. The Morgan fingerprint density at radius 2 is 1.32 bits per heavy atom. The molecule has 3 amide bonds. The Balaban J connectivity index is 2.30. The molecule has 2 rings (SSSR count). The lowest BCUT2D eigenvalue weighted by Gasteiger charge is -2.27. The van der Waals surface area contributed by atoms with E-state index in [-0.39, 0.29) is 23.7 Å². The van der Waals surface area contributed by atoms with Crippen molar-refractivity contribution in [1.29, 1.82) is 0 Å². The first-order chi connectivity index (χ1) is 17.5. The molecule has 0 fully saturated rings.